The largest absolute Gasteiger partial charge is 0.330 e. The van der Waals surface area contributed by atoms with E-state index in [1.54, 1.807) is 0 Å². The average molecular weight is 276 g/mol. The fraction of sp³-hybridized carbons (Fsp3) is 0.400. The minimum Gasteiger partial charge on any atom is -0.330 e. The van der Waals surface area contributed by atoms with E-state index in [0.29, 0.717) is 0 Å². The highest BCUT2D eigenvalue weighted by molar-refractivity contribution is 6.30. The van der Waals surface area contributed by atoms with Gasteiger partial charge in [0.25, 0.3) is 0 Å². The molecule has 4 heteroatoms. The zero-order valence-electron chi connectivity index (χ0n) is 10.8. The van der Waals surface area contributed by atoms with Crippen molar-refractivity contribution in [1.29, 1.82) is 0 Å². The van der Waals surface area contributed by atoms with Gasteiger partial charge in [0.1, 0.15) is 0 Å². The highest BCUT2D eigenvalue weighted by Gasteiger charge is 2.15. The van der Waals surface area contributed by atoms with E-state index in [2.05, 4.69) is 20.9 Å². The fourth-order valence-electron chi connectivity index (χ4n) is 2.70. The SMILES string of the molecule is Clc1cccc(-c2cncn2CC2CCNCC2)c1. The Morgan fingerprint density at radius 1 is 1.32 bits per heavy atom. The van der Waals surface area contributed by atoms with Crippen LogP contribution in [0.2, 0.25) is 5.02 Å². The van der Waals surface area contributed by atoms with Gasteiger partial charge in [0.15, 0.2) is 0 Å². The summed E-state index contributed by atoms with van der Waals surface area (Å²) in [5, 5.41) is 4.18. The molecule has 0 aliphatic carbocycles. The molecule has 100 valence electrons. The Labute approximate surface area is 118 Å². The number of nitrogens with one attached hydrogen (secondary N) is 1. The van der Waals surface area contributed by atoms with Crippen molar-refractivity contribution in [2.45, 2.75) is 19.4 Å². The van der Waals surface area contributed by atoms with E-state index in [-0.39, 0.29) is 0 Å². The molecule has 1 N–H and O–H groups in total. The number of halogens is 1. The summed E-state index contributed by atoms with van der Waals surface area (Å²) in [6.45, 7) is 3.31. The van der Waals surface area contributed by atoms with Crippen molar-refractivity contribution in [3.05, 3.63) is 41.8 Å². The van der Waals surface area contributed by atoms with Gasteiger partial charge in [-0.1, -0.05) is 23.7 Å². The van der Waals surface area contributed by atoms with E-state index in [1.165, 1.54) is 12.8 Å². The van der Waals surface area contributed by atoms with Crippen LogP contribution in [0.15, 0.2) is 36.8 Å². The maximum absolute atomic E-state index is 6.07. The van der Waals surface area contributed by atoms with Crippen LogP contribution in [-0.2, 0) is 6.54 Å². The zero-order valence-corrected chi connectivity index (χ0v) is 11.6. The Kier molecular flexibility index (Phi) is 3.85. The van der Waals surface area contributed by atoms with Gasteiger partial charge in [0.2, 0.25) is 0 Å². The van der Waals surface area contributed by atoms with Crippen LogP contribution in [-0.4, -0.2) is 22.6 Å². The average Bonchev–Trinajstić information content (AvgIpc) is 2.88. The van der Waals surface area contributed by atoms with Crippen LogP contribution in [0.5, 0.6) is 0 Å². The lowest BCUT2D eigenvalue weighted by Crippen LogP contribution is -2.29. The summed E-state index contributed by atoms with van der Waals surface area (Å²) in [6.07, 6.45) is 6.34. The van der Waals surface area contributed by atoms with Crippen molar-refractivity contribution in [2.24, 2.45) is 5.92 Å². The fourth-order valence-corrected chi connectivity index (χ4v) is 2.89. The van der Waals surface area contributed by atoms with Gasteiger partial charge in [-0.2, -0.15) is 0 Å². The van der Waals surface area contributed by atoms with Crippen LogP contribution >= 0.6 is 11.6 Å². The quantitative estimate of drug-likeness (QED) is 0.932. The van der Waals surface area contributed by atoms with E-state index in [0.717, 1.165) is 41.8 Å². The predicted molar refractivity (Wildman–Crippen MR) is 78.3 cm³/mol. The number of imidazole rings is 1. The van der Waals surface area contributed by atoms with Crippen molar-refractivity contribution in [3.63, 3.8) is 0 Å². The molecule has 19 heavy (non-hydrogen) atoms. The molecule has 0 bridgehead atoms. The maximum atomic E-state index is 6.07. The van der Waals surface area contributed by atoms with Gasteiger partial charge in [0.05, 0.1) is 18.2 Å². The molecular formula is C15H18ClN3. The lowest BCUT2D eigenvalue weighted by Gasteiger charge is -2.23. The third-order valence-electron chi connectivity index (χ3n) is 3.75. The Bertz CT molecular complexity index is 544. The van der Waals surface area contributed by atoms with Crippen LogP contribution < -0.4 is 5.32 Å². The van der Waals surface area contributed by atoms with Crippen LogP contribution in [0.3, 0.4) is 0 Å². The third kappa shape index (κ3) is 2.99. The summed E-state index contributed by atoms with van der Waals surface area (Å²) in [7, 11) is 0. The highest BCUT2D eigenvalue weighted by Crippen LogP contribution is 2.24. The molecule has 2 heterocycles. The van der Waals surface area contributed by atoms with E-state index >= 15 is 0 Å². The molecule has 2 aromatic rings. The molecule has 1 fully saturated rings. The first-order valence-corrected chi connectivity index (χ1v) is 7.17. The summed E-state index contributed by atoms with van der Waals surface area (Å²) in [5.41, 5.74) is 2.29. The molecule has 1 aliphatic heterocycles. The van der Waals surface area contributed by atoms with Crippen LogP contribution in [0.1, 0.15) is 12.8 Å². The van der Waals surface area contributed by atoms with Gasteiger partial charge in [-0.05, 0) is 44.0 Å². The van der Waals surface area contributed by atoms with Gasteiger partial charge in [-0.3, -0.25) is 0 Å². The molecule has 0 atom stereocenters. The molecule has 3 nitrogen and oxygen atoms in total. The molecular weight excluding hydrogens is 258 g/mol. The van der Waals surface area contributed by atoms with Crippen molar-refractivity contribution >= 4 is 11.6 Å². The Morgan fingerprint density at radius 2 is 2.16 bits per heavy atom. The Morgan fingerprint density at radius 3 is 2.95 bits per heavy atom. The number of hydrogen-bond donors (Lipinski definition) is 1. The van der Waals surface area contributed by atoms with Gasteiger partial charge in [0, 0.05) is 17.1 Å². The van der Waals surface area contributed by atoms with Gasteiger partial charge in [-0.25, -0.2) is 4.98 Å². The van der Waals surface area contributed by atoms with Crippen molar-refractivity contribution in [1.82, 2.24) is 14.9 Å². The number of piperidine rings is 1. The number of aromatic nitrogens is 2. The molecule has 1 aromatic carbocycles. The lowest BCUT2D eigenvalue weighted by molar-refractivity contribution is 0.334. The summed E-state index contributed by atoms with van der Waals surface area (Å²) in [5.74, 6) is 0.744. The molecule has 0 radical (unpaired) electrons. The van der Waals surface area contributed by atoms with Gasteiger partial charge in [-0.15, -0.1) is 0 Å². The first kappa shape index (κ1) is 12.7. The summed E-state index contributed by atoms with van der Waals surface area (Å²) >= 11 is 6.07. The van der Waals surface area contributed by atoms with Crippen LogP contribution in [0, 0.1) is 5.92 Å². The molecule has 1 saturated heterocycles. The predicted octanol–water partition coefficient (Wildman–Crippen LogP) is 3.20. The molecule has 0 unspecified atom stereocenters. The summed E-state index contributed by atoms with van der Waals surface area (Å²) < 4.78 is 2.25. The third-order valence-corrected chi connectivity index (χ3v) is 3.98. The minimum absolute atomic E-state index is 0.744. The summed E-state index contributed by atoms with van der Waals surface area (Å²) in [6, 6.07) is 7.97. The number of benzene rings is 1. The Hall–Kier alpha value is -1.32. The zero-order chi connectivity index (χ0) is 13.1. The van der Waals surface area contributed by atoms with E-state index in [4.69, 9.17) is 11.6 Å². The van der Waals surface area contributed by atoms with Crippen molar-refractivity contribution < 1.29 is 0 Å². The Balaban J connectivity index is 1.81. The molecule has 0 amide bonds. The van der Waals surface area contributed by atoms with E-state index < -0.39 is 0 Å². The molecule has 0 spiro atoms. The van der Waals surface area contributed by atoms with E-state index in [1.807, 2.05) is 30.7 Å². The van der Waals surface area contributed by atoms with Gasteiger partial charge >= 0.3 is 0 Å². The normalized spacial score (nSPS) is 16.7. The molecule has 1 aromatic heterocycles. The maximum Gasteiger partial charge on any atom is 0.0951 e. The molecule has 0 saturated carbocycles. The van der Waals surface area contributed by atoms with Crippen molar-refractivity contribution in [2.75, 3.05) is 13.1 Å². The second-order valence-electron chi connectivity index (χ2n) is 5.13. The van der Waals surface area contributed by atoms with Crippen molar-refractivity contribution in [3.8, 4) is 11.3 Å². The minimum atomic E-state index is 0.744. The first-order valence-electron chi connectivity index (χ1n) is 6.80. The van der Waals surface area contributed by atoms with Gasteiger partial charge < -0.3 is 9.88 Å². The summed E-state index contributed by atoms with van der Waals surface area (Å²) in [4.78, 5) is 4.30. The second kappa shape index (κ2) is 5.76. The number of rotatable bonds is 3. The second-order valence-corrected chi connectivity index (χ2v) is 5.57. The monoisotopic (exact) mass is 275 g/mol. The highest BCUT2D eigenvalue weighted by atomic mass is 35.5. The molecule has 3 rings (SSSR count). The lowest BCUT2D eigenvalue weighted by atomic mass is 9.98. The topological polar surface area (TPSA) is 29.9 Å². The van der Waals surface area contributed by atoms with Crippen LogP contribution in [0.25, 0.3) is 11.3 Å². The molecule has 1 aliphatic rings. The number of nitrogens with zero attached hydrogens (tertiary/aromatic N) is 2. The van der Waals surface area contributed by atoms with E-state index in [9.17, 15) is 0 Å². The van der Waals surface area contributed by atoms with Crippen LogP contribution in [0.4, 0.5) is 0 Å². The number of hydrogen-bond acceptors (Lipinski definition) is 2. The first-order chi connectivity index (χ1) is 9.33. The standard InChI is InChI=1S/C15H18ClN3/c16-14-3-1-2-13(8-14)15-9-18-11-19(15)10-12-4-6-17-7-5-12/h1-3,8-9,11-12,17H,4-7,10H2. The smallest absolute Gasteiger partial charge is 0.0951 e.